The van der Waals surface area contributed by atoms with Crippen molar-refractivity contribution in [2.45, 2.75) is 147 Å². The summed E-state index contributed by atoms with van der Waals surface area (Å²) in [6.07, 6.45) is -1.27. The predicted molar refractivity (Wildman–Crippen MR) is 332 cm³/mol. The van der Waals surface area contributed by atoms with Crippen molar-refractivity contribution < 1.29 is 68.4 Å². The number of Topliss-reactive ketones (excluding diaryl/α,β-unsaturated/α-hetero) is 2. The van der Waals surface area contributed by atoms with E-state index in [1.807, 2.05) is 36.4 Å². The van der Waals surface area contributed by atoms with E-state index in [2.05, 4.69) is 47.2 Å². The number of aromatic amines is 1. The number of phenols is 1. The highest BCUT2D eigenvalue weighted by Gasteiger charge is 2.41. The zero-order chi connectivity index (χ0) is 63.0. The van der Waals surface area contributed by atoms with Crippen LogP contribution in [0.5, 0.6) is 5.75 Å². The summed E-state index contributed by atoms with van der Waals surface area (Å²) in [5.74, 6) is -10.4. The number of phenolic OH excluding ortho intramolecular Hbond substituents is 1. The monoisotopic (exact) mass is 1340 g/mol. The molecule has 464 valence electrons. The van der Waals surface area contributed by atoms with Gasteiger partial charge < -0.3 is 68.4 Å². The fourth-order valence-electron chi connectivity index (χ4n) is 10.0. The highest BCUT2D eigenvalue weighted by Crippen LogP contribution is 2.34. The molecule has 86 heavy (non-hydrogen) atoms. The van der Waals surface area contributed by atoms with Gasteiger partial charge in [-0.25, -0.2) is 4.79 Å². The van der Waals surface area contributed by atoms with Crippen LogP contribution in [-0.2, 0) is 67.2 Å². The first-order chi connectivity index (χ1) is 40.7. The molecule has 0 radical (unpaired) electrons. The number of nitrogens with two attached hydrogens (primary N) is 1. The van der Waals surface area contributed by atoms with Crippen LogP contribution in [0.3, 0.4) is 0 Å². The zero-order valence-electron chi connectivity index (χ0n) is 48.2. The third-order valence-corrected chi connectivity index (χ3v) is 17.9. The van der Waals surface area contributed by atoms with Gasteiger partial charge in [-0.2, -0.15) is 0 Å². The van der Waals surface area contributed by atoms with Crippen LogP contribution in [0, 0.1) is 14.9 Å². The highest BCUT2D eigenvalue weighted by atomic mass is 127. The maximum Gasteiger partial charge on any atom is 0.328 e. The van der Waals surface area contributed by atoms with Gasteiger partial charge in [-0.15, -0.1) is 0 Å². The molecule has 0 unspecified atom stereocenters. The number of H-pyrrole nitrogens is 1. The number of fused-ring (bicyclic) bond motifs is 1. The number of carboxylic acids is 1. The summed E-state index contributed by atoms with van der Waals surface area (Å²) < 4.78 is 0.413. The predicted octanol–water partition coefficient (Wildman–Crippen LogP) is 1.67. The van der Waals surface area contributed by atoms with Gasteiger partial charge >= 0.3 is 5.97 Å². The molecule has 7 amide bonds. The lowest BCUT2D eigenvalue weighted by molar-refractivity contribution is -0.145. The number of rotatable bonds is 19. The van der Waals surface area contributed by atoms with E-state index in [4.69, 9.17) is 5.73 Å². The number of aromatic hydroxyl groups is 1. The Hall–Kier alpha value is -6.92. The Bertz CT molecular complexity index is 3140. The number of carboxylic acid groups (broad SMARTS) is 1. The molecule has 1 aromatic heterocycles. The average Bonchev–Trinajstić information content (AvgIpc) is 3.92. The maximum atomic E-state index is 15.1. The molecule has 1 saturated heterocycles. The number of ketones is 2. The van der Waals surface area contributed by atoms with Gasteiger partial charge in [-0.3, -0.25) is 48.1 Å². The summed E-state index contributed by atoms with van der Waals surface area (Å²) in [7, 11) is 1.82. The minimum absolute atomic E-state index is 0.0552. The molecule has 1 aliphatic heterocycles. The number of unbranched alkanes of at least 4 members (excludes halogenated alkanes) is 1. The van der Waals surface area contributed by atoms with E-state index in [-0.39, 0.29) is 86.7 Å². The third kappa shape index (κ3) is 19.5. The minimum Gasteiger partial charge on any atom is -0.507 e. The van der Waals surface area contributed by atoms with Gasteiger partial charge in [0.25, 0.3) is 0 Å². The second-order valence-corrected chi connectivity index (χ2v) is 26.1. The molecular weight excluding hydrogens is 1260 g/mol. The topological polar surface area (TPSA) is 390 Å². The molecule has 1 aliphatic carbocycles. The molecule has 27 heteroatoms. The van der Waals surface area contributed by atoms with Gasteiger partial charge in [0.05, 0.1) is 21.8 Å². The Kier molecular flexibility index (Phi) is 25.1. The smallest absolute Gasteiger partial charge is 0.328 e. The van der Waals surface area contributed by atoms with Crippen molar-refractivity contribution in [2.75, 3.05) is 18.1 Å². The van der Waals surface area contributed by atoms with E-state index in [0.717, 1.165) is 34.1 Å². The number of amides is 7. The Morgan fingerprint density at radius 2 is 1.38 bits per heavy atom. The molecule has 4 aromatic rings. The number of benzene rings is 3. The van der Waals surface area contributed by atoms with Crippen LogP contribution < -0.4 is 43.0 Å². The summed E-state index contributed by atoms with van der Waals surface area (Å²) in [4.78, 5) is 148. The van der Waals surface area contributed by atoms with E-state index in [1.165, 1.54) is 19.1 Å². The van der Waals surface area contributed by atoms with Crippen LogP contribution in [0.4, 0.5) is 0 Å². The quantitative estimate of drug-likeness (QED) is 0.0209. The maximum absolute atomic E-state index is 15.1. The number of carbonyl (C=O) groups excluding carboxylic acids is 9. The molecule has 14 N–H and O–H groups in total. The van der Waals surface area contributed by atoms with Crippen LogP contribution in [-0.4, -0.2) is 169 Å². The van der Waals surface area contributed by atoms with Gasteiger partial charge in [-0.05, 0) is 109 Å². The van der Waals surface area contributed by atoms with Gasteiger partial charge in [0, 0.05) is 66.5 Å². The number of halogens is 1. The van der Waals surface area contributed by atoms with Crippen molar-refractivity contribution >= 4 is 120 Å². The van der Waals surface area contributed by atoms with E-state index in [1.54, 1.807) is 73.8 Å². The second-order valence-electron chi connectivity index (χ2n) is 22.4. The number of hydrogen-bond acceptors (Lipinski definition) is 17. The SMILES string of the molecule is CC(=NCCCC[C@@H]1NC(=O)[C@@H](Cc2c[nH]c3ccccc23)NC(=O)[C@H](Cc2ccc(O)c(I)c2)NC(=O)[C@@H](NC(=O)[C@H](N)Cc2ccccc2)CSSC[C@@H](C(=O)N[C@@H](C(=O)O)[C@@H](C)O)NC(=O)[C@H]([C@@H](C)O)NC1=O)C1C(=O)CC(C)(C)CC1=O. The first-order valence-electron chi connectivity index (χ1n) is 28.1. The second kappa shape index (κ2) is 31.6. The molecule has 0 spiro atoms. The van der Waals surface area contributed by atoms with E-state index in [9.17, 15) is 58.8 Å². The molecule has 24 nitrogen and oxygen atoms in total. The van der Waals surface area contributed by atoms with Crippen LogP contribution in [0.1, 0.15) is 83.4 Å². The van der Waals surface area contributed by atoms with Crippen LogP contribution >= 0.6 is 44.2 Å². The lowest BCUT2D eigenvalue weighted by Gasteiger charge is -2.31. The minimum atomic E-state index is -1.85. The van der Waals surface area contributed by atoms with Gasteiger partial charge in [0.2, 0.25) is 41.4 Å². The van der Waals surface area contributed by atoms with Crippen molar-refractivity contribution in [2.24, 2.45) is 22.1 Å². The van der Waals surface area contributed by atoms with Crippen LogP contribution in [0.2, 0.25) is 0 Å². The number of para-hydroxylation sites is 1. The molecule has 3 aromatic carbocycles. The van der Waals surface area contributed by atoms with Crippen molar-refractivity contribution in [3.63, 3.8) is 0 Å². The number of aromatic nitrogens is 1. The molecule has 6 rings (SSSR count). The van der Waals surface area contributed by atoms with E-state index >= 15 is 9.59 Å². The molecule has 1 saturated carbocycles. The molecule has 2 aliphatic rings. The van der Waals surface area contributed by atoms with Crippen LogP contribution in [0.25, 0.3) is 10.9 Å². The summed E-state index contributed by atoms with van der Waals surface area (Å²) in [5, 5.41) is 60.5. The normalized spacial score (nSPS) is 23.1. The number of carbonyl (C=O) groups is 10. The first kappa shape index (κ1) is 68.2. The number of aliphatic carboxylic acids is 1. The third-order valence-electron chi connectivity index (χ3n) is 14.6. The Labute approximate surface area is 518 Å². The van der Waals surface area contributed by atoms with Crippen molar-refractivity contribution in [3.05, 3.63) is 99.3 Å². The standard InChI is InChI=1S/C59H75IN10O14S2/c1-30(48-46(74)25-59(4,5)26-47(48)75)62-20-12-11-17-40-52(77)69-49(31(2)71)57(82)68-44(56(81)70-50(32(3)72)58(83)84)29-86-85-28-43(67-51(76)38(61)22-33-13-7-6-8-14-33)55(80)65-41(23-34-18-19-45(73)37(60)21-34)53(78)66-42(54(79)64-40)24-35-27-63-39-16-10-9-15-36(35)39/h6-10,13-16,18-19,21,27,31-32,38,40-44,48-50,63,71-73H,11-12,17,20,22-26,28-29,61H2,1-5H3,(H,64,79)(H,65,80)(H,66,78)(H,67,76)(H,68,82)(H,69,77)(H,70,81)(H,83,84)/t31-,32-,38-,40+,41+,42-,43+,44+,49+,50-/m1/s1. The van der Waals surface area contributed by atoms with Crippen molar-refractivity contribution in [1.82, 2.24) is 42.2 Å². The summed E-state index contributed by atoms with van der Waals surface area (Å²) in [6, 6.07) is 8.08. The number of aliphatic hydroxyl groups is 2. The van der Waals surface area contributed by atoms with Gasteiger partial charge in [0.15, 0.2) is 6.04 Å². The largest absolute Gasteiger partial charge is 0.507 e. The summed E-state index contributed by atoms with van der Waals surface area (Å²) in [5.41, 5.74) is 8.71. The number of nitrogens with zero attached hydrogens (tertiary/aromatic N) is 1. The Morgan fingerprint density at radius 3 is 2.03 bits per heavy atom. The van der Waals surface area contributed by atoms with E-state index < -0.39 is 119 Å². The number of nitrogens with one attached hydrogen (secondary N) is 8. The fraction of sp³-hybridized carbons (Fsp3) is 0.475. The molecule has 2 heterocycles. The lowest BCUT2D eigenvalue weighted by atomic mass is 9.70. The van der Waals surface area contributed by atoms with E-state index in [0.29, 0.717) is 31.3 Å². The number of hydrogen-bond donors (Lipinski definition) is 13. The summed E-state index contributed by atoms with van der Waals surface area (Å²) >= 11 is 1.90. The molecular formula is C59H75IN10O14S2. The first-order valence-corrected chi connectivity index (χ1v) is 31.6. The lowest BCUT2D eigenvalue weighted by Crippen LogP contribution is -2.62. The fourth-order valence-corrected chi connectivity index (χ4v) is 12.9. The highest BCUT2D eigenvalue weighted by molar-refractivity contribution is 14.1. The molecule has 0 bridgehead atoms. The van der Waals surface area contributed by atoms with Crippen molar-refractivity contribution in [3.8, 4) is 5.75 Å². The number of aliphatic imine (C=N–C) groups is 1. The molecule has 2 fully saturated rings. The Balaban J connectivity index is 1.40. The van der Waals surface area contributed by atoms with Gasteiger partial charge in [0.1, 0.15) is 59.5 Å². The molecule has 10 atom stereocenters. The average molecular weight is 1340 g/mol. The Morgan fingerprint density at radius 1 is 0.767 bits per heavy atom. The van der Waals surface area contributed by atoms with Gasteiger partial charge in [-0.1, -0.05) is 90.0 Å². The number of aliphatic hydroxyl groups excluding tert-OH is 2. The van der Waals surface area contributed by atoms with Crippen LogP contribution in [0.15, 0.2) is 84.0 Å². The van der Waals surface area contributed by atoms with Crippen molar-refractivity contribution in [1.29, 1.82) is 0 Å². The zero-order valence-corrected chi connectivity index (χ0v) is 52.0. The summed E-state index contributed by atoms with van der Waals surface area (Å²) in [6.45, 7) is 7.72.